The summed E-state index contributed by atoms with van der Waals surface area (Å²) in [6.45, 7) is 0. The largest absolute Gasteiger partial charge is 0.417 e. The molecule has 0 aromatic heterocycles. The maximum Gasteiger partial charge on any atom is 0.417 e. The van der Waals surface area contributed by atoms with E-state index in [0.29, 0.717) is 0 Å². The summed E-state index contributed by atoms with van der Waals surface area (Å²) in [6.07, 6.45) is -4.51. The normalized spacial score (nSPS) is 11.8. The van der Waals surface area contributed by atoms with E-state index in [9.17, 15) is 13.2 Å². The topological polar surface area (TPSA) is 26.0 Å². The predicted octanol–water partition coefficient (Wildman–Crippen LogP) is 3.68. The van der Waals surface area contributed by atoms with Crippen molar-refractivity contribution >= 4 is 28.9 Å². The average Bonchev–Trinajstić information content (AvgIpc) is 2.06. The van der Waals surface area contributed by atoms with Gasteiger partial charge in [0.25, 0.3) is 0 Å². The molecule has 0 unspecified atom stereocenters. The Morgan fingerprint density at radius 1 is 1.29 bits per heavy atom. The molecule has 2 N–H and O–H groups in total. The molecule has 0 atom stereocenters. The molecule has 0 heterocycles. The van der Waals surface area contributed by atoms with E-state index < -0.39 is 11.7 Å². The minimum Gasteiger partial charge on any atom is -0.399 e. The van der Waals surface area contributed by atoms with Gasteiger partial charge >= 0.3 is 6.18 Å². The van der Waals surface area contributed by atoms with Gasteiger partial charge < -0.3 is 5.73 Å². The number of halogens is 5. The van der Waals surface area contributed by atoms with Gasteiger partial charge in [0.05, 0.1) is 10.6 Å². The van der Waals surface area contributed by atoms with Crippen LogP contribution in [0.4, 0.5) is 18.9 Å². The average molecular weight is 244 g/mol. The summed E-state index contributed by atoms with van der Waals surface area (Å²) in [5, 5.41) is -0.387. The molecule has 0 aliphatic rings. The molecule has 1 aromatic carbocycles. The second-order valence-electron chi connectivity index (χ2n) is 2.67. The first-order valence-corrected chi connectivity index (χ1v) is 4.48. The van der Waals surface area contributed by atoms with Crippen LogP contribution in [0.25, 0.3) is 0 Å². The Bertz CT molecular complexity index is 349. The monoisotopic (exact) mass is 243 g/mol. The molecule has 0 fully saturated rings. The number of hydrogen-bond donors (Lipinski definition) is 1. The van der Waals surface area contributed by atoms with Crippen LogP contribution in [0, 0.1) is 0 Å². The molecule has 0 aliphatic carbocycles. The van der Waals surface area contributed by atoms with Gasteiger partial charge in [0.2, 0.25) is 0 Å². The Kier molecular flexibility index (Phi) is 3.17. The number of nitrogen functional groups attached to an aromatic ring is 1. The summed E-state index contributed by atoms with van der Waals surface area (Å²) in [4.78, 5) is 0. The van der Waals surface area contributed by atoms with Crippen molar-refractivity contribution in [3.8, 4) is 0 Å². The predicted molar refractivity (Wildman–Crippen MR) is 50.4 cm³/mol. The number of anilines is 1. The van der Waals surface area contributed by atoms with Crippen molar-refractivity contribution in [1.82, 2.24) is 0 Å². The van der Waals surface area contributed by atoms with Crippen LogP contribution in [0.1, 0.15) is 11.1 Å². The Hall–Kier alpha value is -0.610. The van der Waals surface area contributed by atoms with Gasteiger partial charge in [-0.05, 0) is 17.7 Å². The molecule has 78 valence electrons. The number of alkyl halides is 4. The molecule has 0 radical (unpaired) electrons. The van der Waals surface area contributed by atoms with Gasteiger partial charge in [0.1, 0.15) is 0 Å². The van der Waals surface area contributed by atoms with Gasteiger partial charge in [0, 0.05) is 11.6 Å². The van der Waals surface area contributed by atoms with E-state index in [4.69, 9.17) is 28.9 Å². The lowest BCUT2D eigenvalue weighted by molar-refractivity contribution is -0.137. The summed E-state index contributed by atoms with van der Waals surface area (Å²) in [5.74, 6) is -0.104. The summed E-state index contributed by atoms with van der Waals surface area (Å²) in [6, 6.07) is 2.11. The highest BCUT2D eigenvalue weighted by Crippen LogP contribution is 2.38. The highest BCUT2D eigenvalue weighted by molar-refractivity contribution is 6.33. The summed E-state index contributed by atoms with van der Waals surface area (Å²) in [5.41, 5.74) is 4.51. The second-order valence-corrected chi connectivity index (χ2v) is 3.32. The molecule has 1 nitrogen and oxygen atoms in total. The van der Waals surface area contributed by atoms with Crippen molar-refractivity contribution in [3.63, 3.8) is 0 Å². The van der Waals surface area contributed by atoms with Crippen molar-refractivity contribution in [1.29, 1.82) is 0 Å². The number of benzene rings is 1. The molecule has 0 amide bonds. The molecule has 0 saturated heterocycles. The fraction of sp³-hybridized carbons (Fsp3) is 0.250. The lowest BCUT2D eigenvalue weighted by Gasteiger charge is -2.12. The van der Waals surface area contributed by atoms with Crippen molar-refractivity contribution in [2.75, 3.05) is 5.73 Å². The summed E-state index contributed by atoms with van der Waals surface area (Å²) in [7, 11) is 0. The third-order valence-electron chi connectivity index (χ3n) is 1.62. The van der Waals surface area contributed by atoms with Gasteiger partial charge in [-0.3, -0.25) is 0 Å². The van der Waals surface area contributed by atoms with Crippen LogP contribution in [-0.2, 0) is 12.1 Å². The second kappa shape index (κ2) is 3.87. The third-order valence-corrected chi connectivity index (χ3v) is 2.35. The van der Waals surface area contributed by atoms with Crippen LogP contribution in [0.15, 0.2) is 12.1 Å². The van der Waals surface area contributed by atoms with Gasteiger partial charge in [-0.15, -0.1) is 11.6 Å². The highest BCUT2D eigenvalue weighted by atomic mass is 35.5. The smallest absolute Gasteiger partial charge is 0.399 e. The highest BCUT2D eigenvalue weighted by Gasteiger charge is 2.34. The molecule has 0 aliphatic heterocycles. The maximum atomic E-state index is 12.4. The van der Waals surface area contributed by atoms with Gasteiger partial charge in [-0.25, -0.2) is 0 Å². The molecular formula is C8H6Cl2F3N. The quantitative estimate of drug-likeness (QED) is 0.591. The summed E-state index contributed by atoms with van der Waals surface area (Å²) >= 11 is 10.9. The Morgan fingerprint density at radius 3 is 2.29 bits per heavy atom. The molecule has 14 heavy (non-hydrogen) atoms. The number of nitrogens with two attached hydrogens (primary N) is 1. The zero-order chi connectivity index (χ0) is 10.9. The zero-order valence-electron chi connectivity index (χ0n) is 6.83. The van der Waals surface area contributed by atoms with E-state index in [1.807, 2.05) is 0 Å². The van der Waals surface area contributed by atoms with Crippen molar-refractivity contribution < 1.29 is 13.2 Å². The van der Waals surface area contributed by atoms with E-state index in [0.717, 1.165) is 6.07 Å². The van der Waals surface area contributed by atoms with E-state index in [2.05, 4.69) is 0 Å². The molecule has 0 spiro atoms. The van der Waals surface area contributed by atoms with E-state index in [-0.39, 0.29) is 22.2 Å². The number of hydrogen-bond acceptors (Lipinski definition) is 1. The van der Waals surface area contributed by atoms with E-state index in [1.54, 1.807) is 0 Å². The molecule has 1 rings (SSSR count). The van der Waals surface area contributed by atoms with Gasteiger partial charge in [0.15, 0.2) is 0 Å². The first-order chi connectivity index (χ1) is 6.36. The van der Waals surface area contributed by atoms with Crippen molar-refractivity contribution in [2.24, 2.45) is 0 Å². The SMILES string of the molecule is Nc1cc(CCl)c(Cl)c(C(F)(F)F)c1. The van der Waals surface area contributed by atoms with Crippen LogP contribution in [0.2, 0.25) is 5.02 Å². The van der Waals surface area contributed by atoms with Gasteiger partial charge in [-0.1, -0.05) is 11.6 Å². The van der Waals surface area contributed by atoms with E-state index in [1.165, 1.54) is 6.07 Å². The maximum absolute atomic E-state index is 12.4. The van der Waals surface area contributed by atoms with Crippen LogP contribution in [0.3, 0.4) is 0 Å². The van der Waals surface area contributed by atoms with Crippen LogP contribution in [0.5, 0.6) is 0 Å². The molecule has 0 bridgehead atoms. The minimum atomic E-state index is -4.51. The Balaban J connectivity index is 3.37. The first kappa shape index (κ1) is 11.5. The Morgan fingerprint density at radius 2 is 1.86 bits per heavy atom. The fourth-order valence-corrected chi connectivity index (χ4v) is 1.57. The standard InChI is InChI=1S/C8H6Cl2F3N/c9-3-4-1-5(14)2-6(7(4)10)8(11,12)13/h1-2H,3,14H2. The minimum absolute atomic E-state index is 0.00243. The van der Waals surface area contributed by atoms with Crippen LogP contribution >= 0.6 is 23.2 Å². The van der Waals surface area contributed by atoms with E-state index >= 15 is 0 Å². The third kappa shape index (κ3) is 2.25. The lowest BCUT2D eigenvalue weighted by Crippen LogP contribution is -2.08. The van der Waals surface area contributed by atoms with Crippen LogP contribution in [-0.4, -0.2) is 0 Å². The van der Waals surface area contributed by atoms with Crippen LogP contribution < -0.4 is 5.73 Å². The number of rotatable bonds is 1. The molecular weight excluding hydrogens is 238 g/mol. The van der Waals surface area contributed by atoms with Crippen molar-refractivity contribution in [3.05, 3.63) is 28.3 Å². The fourth-order valence-electron chi connectivity index (χ4n) is 1.01. The van der Waals surface area contributed by atoms with Crippen molar-refractivity contribution in [2.45, 2.75) is 12.1 Å². The molecule has 6 heteroatoms. The Labute approximate surface area is 88.6 Å². The van der Waals surface area contributed by atoms with Gasteiger partial charge in [-0.2, -0.15) is 13.2 Å². The zero-order valence-corrected chi connectivity index (χ0v) is 8.34. The molecule has 0 saturated carbocycles. The summed E-state index contributed by atoms with van der Waals surface area (Å²) < 4.78 is 37.1. The lowest BCUT2D eigenvalue weighted by atomic mass is 10.1. The first-order valence-electron chi connectivity index (χ1n) is 3.57. The molecule has 1 aromatic rings.